The van der Waals surface area contributed by atoms with Gasteiger partial charge in [0, 0.05) is 26.1 Å². The molecule has 0 saturated carbocycles. The molecule has 1 unspecified atom stereocenters. The second kappa shape index (κ2) is 13.4. The lowest BCUT2D eigenvalue weighted by atomic mass is 9.95. The quantitative estimate of drug-likeness (QED) is 0.229. The van der Waals surface area contributed by atoms with Crippen molar-refractivity contribution in [3.8, 4) is 11.4 Å². The molecule has 0 aliphatic rings. The third kappa shape index (κ3) is 8.01. The predicted molar refractivity (Wildman–Crippen MR) is 150 cm³/mol. The maximum absolute atomic E-state index is 13.6. The van der Waals surface area contributed by atoms with Gasteiger partial charge in [0.25, 0.3) is 5.91 Å². The van der Waals surface area contributed by atoms with Crippen LogP contribution < -0.4 is 4.74 Å². The van der Waals surface area contributed by atoms with Crippen LogP contribution in [0.25, 0.3) is 5.69 Å². The summed E-state index contributed by atoms with van der Waals surface area (Å²) in [4.78, 5) is 15.3. The van der Waals surface area contributed by atoms with E-state index in [0.29, 0.717) is 40.2 Å². The van der Waals surface area contributed by atoms with Crippen LogP contribution in [-0.4, -0.2) is 66.6 Å². The Kier molecular flexibility index (Phi) is 10.5. The number of aromatic nitrogens is 4. The lowest BCUT2D eigenvalue weighted by Gasteiger charge is -2.28. The molecule has 200 valence electrons. The topological polar surface area (TPSA) is 82.4 Å². The SMILES string of the molecule is CCCC[Si](C)(C)OCCC(CN(C)C(=O)c1cc(-n2cnnn2)ccc1OC)c1ccc(Cl)c(Cl)c1. The molecule has 8 nitrogen and oxygen atoms in total. The first-order chi connectivity index (χ1) is 17.6. The van der Waals surface area contributed by atoms with Crippen LogP contribution >= 0.6 is 23.2 Å². The Balaban J connectivity index is 1.81. The fourth-order valence-corrected chi connectivity index (χ4v) is 6.51. The average molecular weight is 565 g/mol. The fourth-order valence-electron chi connectivity index (χ4n) is 4.19. The summed E-state index contributed by atoms with van der Waals surface area (Å²) < 4.78 is 13.4. The molecule has 0 radical (unpaired) electrons. The highest BCUT2D eigenvalue weighted by molar-refractivity contribution is 6.71. The molecule has 2 aromatic carbocycles. The van der Waals surface area contributed by atoms with Gasteiger partial charge in [0.05, 0.1) is 28.4 Å². The van der Waals surface area contributed by atoms with Crippen LogP contribution in [0.5, 0.6) is 5.75 Å². The van der Waals surface area contributed by atoms with Crippen molar-refractivity contribution in [3.05, 3.63) is 63.9 Å². The normalized spacial score (nSPS) is 12.4. The van der Waals surface area contributed by atoms with Crippen LogP contribution in [0.4, 0.5) is 0 Å². The number of carbonyl (C=O) groups excluding carboxylic acids is 1. The van der Waals surface area contributed by atoms with Gasteiger partial charge in [0.1, 0.15) is 12.1 Å². The van der Waals surface area contributed by atoms with Gasteiger partial charge in [-0.25, -0.2) is 4.68 Å². The molecule has 11 heteroatoms. The number of nitrogens with zero attached hydrogens (tertiary/aromatic N) is 5. The van der Waals surface area contributed by atoms with Crippen molar-refractivity contribution in [3.63, 3.8) is 0 Å². The average Bonchev–Trinajstić information content (AvgIpc) is 3.42. The summed E-state index contributed by atoms with van der Waals surface area (Å²) >= 11 is 12.5. The molecule has 0 N–H and O–H groups in total. The Morgan fingerprint density at radius 1 is 1.16 bits per heavy atom. The Bertz CT molecular complexity index is 1180. The van der Waals surface area contributed by atoms with E-state index in [2.05, 4.69) is 35.5 Å². The van der Waals surface area contributed by atoms with E-state index in [4.69, 9.17) is 32.4 Å². The van der Waals surface area contributed by atoms with Gasteiger partial charge >= 0.3 is 0 Å². The third-order valence-corrected chi connectivity index (χ3v) is 9.66. The fraction of sp³-hybridized carbons (Fsp3) is 0.462. The molecule has 1 atom stereocenters. The standard InChI is InChI=1S/C26H35Cl2N5O3Si/c1-6-7-14-37(4,5)36-13-12-20(19-8-10-23(27)24(28)15-19)17-32(2)26(34)22-16-21(9-11-25(22)35-3)33-18-29-30-31-33/h8-11,15-16,18,20H,6-7,12-14,17H2,1-5H3. The van der Waals surface area contributed by atoms with Crippen molar-refractivity contribution in [2.45, 2.75) is 51.2 Å². The largest absolute Gasteiger partial charge is 0.496 e. The zero-order valence-corrected chi connectivity index (χ0v) is 24.6. The summed E-state index contributed by atoms with van der Waals surface area (Å²) in [5, 5.41) is 12.3. The Hall–Kier alpha value is -2.46. The highest BCUT2D eigenvalue weighted by atomic mass is 35.5. The predicted octanol–water partition coefficient (Wildman–Crippen LogP) is 6.25. The van der Waals surface area contributed by atoms with Crippen molar-refractivity contribution in [2.75, 3.05) is 27.3 Å². The smallest absolute Gasteiger partial charge is 0.257 e. The lowest BCUT2D eigenvalue weighted by molar-refractivity contribution is 0.0778. The molecule has 0 spiro atoms. The van der Waals surface area contributed by atoms with Crippen molar-refractivity contribution in [1.82, 2.24) is 25.1 Å². The number of hydrogen-bond donors (Lipinski definition) is 0. The van der Waals surface area contributed by atoms with Crippen molar-refractivity contribution in [2.24, 2.45) is 0 Å². The van der Waals surface area contributed by atoms with E-state index in [1.165, 1.54) is 17.4 Å². The molecule has 3 rings (SSSR count). The number of benzene rings is 2. The van der Waals surface area contributed by atoms with E-state index in [9.17, 15) is 4.79 Å². The van der Waals surface area contributed by atoms with E-state index in [0.717, 1.165) is 24.4 Å². The first-order valence-electron chi connectivity index (χ1n) is 12.4. The summed E-state index contributed by atoms with van der Waals surface area (Å²) in [5.41, 5.74) is 2.10. The Morgan fingerprint density at radius 3 is 2.59 bits per heavy atom. The molecule has 0 bridgehead atoms. The van der Waals surface area contributed by atoms with Gasteiger partial charge < -0.3 is 14.1 Å². The first kappa shape index (κ1) is 29.1. The minimum absolute atomic E-state index is 0.00776. The van der Waals surface area contributed by atoms with Crippen LogP contribution in [0.2, 0.25) is 29.2 Å². The van der Waals surface area contributed by atoms with Gasteiger partial charge in [-0.15, -0.1) is 5.10 Å². The number of hydrogen-bond acceptors (Lipinski definition) is 6. The molecule has 0 aliphatic carbocycles. The number of halogens is 2. The third-order valence-electron chi connectivity index (χ3n) is 6.37. The second-order valence-corrected chi connectivity index (χ2v) is 14.8. The summed E-state index contributed by atoms with van der Waals surface area (Å²) in [6.07, 6.45) is 4.57. The van der Waals surface area contributed by atoms with Crippen LogP contribution in [0.1, 0.15) is 48.0 Å². The maximum Gasteiger partial charge on any atom is 0.257 e. The molecule has 0 fully saturated rings. The molecule has 0 aliphatic heterocycles. The van der Waals surface area contributed by atoms with E-state index in [1.807, 2.05) is 12.1 Å². The van der Waals surface area contributed by atoms with E-state index in [1.54, 1.807) is 43.3 Å². The number of rotatable bonds is 13. The highest BCUT2D eigenvalue weighted by Crippen LogP contribution is 2.30. The zero-order valence-electron chi connectivity index (χ0n) is 22.1. The van der Waals surface area contributed by atoms with Crippen LogP contribution in [0.3, 0.4) is 0 Å². The number of methoxy groups -OCH3 is 1. The highest BCUT2D eigenvalue weighted by Gasteiger charge is 2.25. The summed E-state index contributed by atoms with van der Waals surface area (Å²) in [5.74, 6) is 0.315. The molecule has 1 amide bonds. The summed E-state index contributed by atoms with van der Waals surface area (Å²) in [6, 6.07) is 12.1. The number of unbranched alkanes of at least 4 members (excludes halogenated alkanes) is 1. The molecule has 3 aromatic rings. The number of amides is 1. The molecular weight excluding hydrogens is 529 g/mol. The minimum atomic E-state index is -1.73. The van der Waals surface area contributed by atoms with Gasteiger partial charge in [-0.2, -0.15) is 0 Å². The van der Waals surface area contributed by atoms with E-state index >= 15 is 0 Å². The van der Waals surface area contributed by atoms with Gasteiger partial charge in [0.15, 0.2) is 8.32 Å². The number of ether oxygens (including phenoxy) is 1. The van der Waals surface area contributed by atoms with Gasteiger partial charge in [-0.05, 0) is 71.9 Å². The number of tetrazole rings is 1. The van der Waals surface area contributed by atoms with Crippen LogP contribution in [0, 0.1) is 0 Å². The summed E-state index contributed by atoms with van der Waals surface area (Å²) in [6.45, 7) is 7.81. The molecule has 1 aromatic heterocycles. The Morgan fingerprint density at radius 2 is 1.95 bits per heavy atom. The van der Waals surface area contributed by atoms with E-state index < -0.39 is 8.32 Å². The molecule has 1 heterocycles. The second-order valence-electron chi connectivity index (χ2n) is 9.70. The number of likely N-dealkylation sites (N-methyl/N-ethyl adjacent to an activating group) is 1. The summed E-state index contributed by atoms with van der Waals surface area (Å²) in [7, 11) is 1.60. The number of carbonyl (C=O) groups is 1. The zero-order chi connectivity index (χ0) is 27.0. The van der Waals surface area contributed by atoms with Crippen LogP contribution in [0.15, 0.2) is 42.7 Å². The molecule has 37 heavy (non-hydrogen) atoms. The molecular formula is C26H35Cl2N5O3Si. The van der Waals surface area contributed by atoms with Crippen molar-refractivity contribution >= 4 is 37.4 Å². The minimum Gasteiger partial charge on any atom is -0.496 e. The monoisotopic (exact) mass is 563 g/mol. The first-order valence-corrected chi connectivity index (χ1v) is 16.3. The maximum atomic E-state index is 13.6. The van der Waals surface area contributed by atoms with E-state index in [-0.39, 0.29) is 11.8 Å². The van der Waals surface area contributed by atoms with Gasteiger partial charge in [-0.1, -0.05) is 49.0 Å². The van der Waals surface area contributed by atoms with Gasteiger partial charge in [0.2, 0.25) is 0 Å². The Labute approximate surface area is 230 Å². The van der Waals surface area contributed by atoms with Crippen LogP contribution in [-0.2, 0) is 4.43 Å². The van der Waals surface area contributed by atoms with Crippen molar-refractivity contribution < 1.29 is 14.0 Å². The van der Waals surface area contributed by atoms with Crippen molar-refractivity contribution in [1.29, 1.82) is 0 Å². The van der Waals surface area contributed by atoms with Gasteiger partial charge in [-0.3, -0.25) is 4.79 Å². The lowest BCUT2D eigenvalue weighted by Crippen LogP contribution is -2.34. The molecule has 0 saturated heterocycles.